The third kappa shape index (κ3) is 4.76. The molecule has 25 heavy (non-hydrogen) atoms. The summed E-state index contributed by atoms with van der Waals surface area (Å²) in [4.78, 5) is 24.2. The summed E-state index contributed by atoms with van der Waals surface area (Å²) in [5, 5.41) is 2.81. The van der Waals surface area contributed by atoms with Gasteiger partial charge in [0.1, 0.15) is 6.04 Å². The monoisotopic (exact) mass is 431 g/mol. The minimum absolute atomic E-state index is 0.0521. The molecule has 1 atom stereocenters. The van der Waals surface area contributed by atoms with E-state index in [0.717, 1.165) is 19.2 Å². The Kier molecular flexibility index (Phi) is 6.50. The van der Waals surface area contributed by atoms with Gasteiger partial charge in [-0.05, 0) is 35.9 Å². The lowest BCUT2D eigenvalue weighted by atomic mass is 10.1. The summed E-state index contributed by atoms with van der Waals surface area (Å²) in [5.41, 5.74) is 0.141. The van der Waals surface area contributed by atoms with Crippen LogP contribution in [-0.2, 0) is 16.0 Å². The van der Waals surface area contributed by atoms with E-state index in [1.165, 1.54) is 6.07 Å². The molecule has 0 radical (unpaired) electrons. The molecule has 2 rings (SSSR count). The lowest BCUT2D eigenvalue weighted by Crippen LogP contribution is -2.43. The molecule has 0 unspecified atom stereocenters. The summed E-state index contributed by atoms with van der Waals surface area (Å²) >= 11 is 9.27. The second-order valence-corrected chi connectivity index (χ2v) is 6.38. The summed E-state index contributed by atoms with van der Waals surface area (Å²) in [6, 6.07) is 7.09. The first-order valence-corrected chi connectivity index (χ1v) is 8.27. The summed E-state index contributed by atoms with van der Waals surface area (Å²) in [6.07, 6.45) is 0.0521. The van der Waals surface area contributed by atoms with Gasteiger partial charge in [0.15, 0.2) is 11.6 Å². The number of ether oxygens (including phenoxy) is 1. The van der Waals surface area contributed by atoms with Crippen molar-refractivity contribution in [2.45, 2.75) is 12.5 Å². The van der Waals surface area contributed by atoms with E-state index in [1.54, 1.807) is 18.2 Å². The average molecular weight is 433 g/mol. The van der Waals surface area contributed by atoms with E-state index >= 15 is 0 Å². The van der Waals surface area contributed by atoms with E-state index in [2.05, 4.69) is 26.0 Å². The lowest BCUT2D eigenvalue weighted by molar-refractivity contribution is -0.142. The van der Waals surface area contributed by atoms with E-state index in [-0.39, 0.29) is 6.42 Å². The Balaban J connectivity index is 2.26. The van der Waals surface area contributed by atoms with Gasteiger partial charge in [-0.3, -0.25) is 4.79 Å². The normalized spacial score (nSPS) is 11.7. The zero-order chi connectivity index (χ0) is 18.6. The fraction of sp³-hybridized carbons (Fsp3) is 0.176. The molecule has 1 amide bonds. The Labute approximate surface area is 156 Å². The van der Waals surface area contributed by atoms with Gasteiger partial charge >= 0.3 is 5.97 Å². The van der Waals surface area contributed by atoms with Crippen molar-refractivity contribution in [2.24, 2.45) is 0 Å². The lowest BCUT2D eigenvalue weighted by Gasteiger charge is -2.18. The van der Waals surface area contributed by atoms with Gasteiger partial charge < -0.3 is 10.1 Å². The Bertz CT molecular complexity index is 816. The molecule has 0 aliphatic carbocycles. The highest BCUT2D eigenvalue weighted by molar-refractivity contribution is 9.10. The van der Waals surface area contributed by atoms with Crippen LogP contribution in [0.15, 0.2) is 40.9 Å². The van der Waals surface area contributed by atoms with Gasteiger partial charge in [0.2, 0.25) is 0 Å². The van der Waals surface area contributed by atoms with E-state index in [0.29, 0.717) is 15.1 Å². The molecule has 0 saturated heterocycles. The molecule has 0 heterocycles. The molecule has 4 nitrogen and oxygen atoms in total. The van der Waals surface area contributed by atoms with Gasteiger partial charge in [-0.15, -0.1) is 0 Å². The molecule has 2 aromatic carbocycles. The van der Waals surface area contributed by atoms with E-state index in [1.807, 2.05) is 0 Å². The van der Waals surface area contributed by atoms with E-state index in [9.17, 15) is 18.4 Å². The SMILES string of the molecule is COC(=O)[C@@H](Cc1cc(Cl)ccc1Br)NC(=O)c1cccc(F)c1F. The molecular weight excluding hydrogens is 420 g/mol. The van der Waals surface area contributed by atoms with Crippen LogP contribution in [0.4, 0.5) is 8.78 Å². The highest BCUT2D eigenvalue weighted by Crippen LogP contribution is 2.23. The number of rotatable bonds is 5. The maximum Gasteiger partial charge on any atom is 0.328 e. The van der Waals surface area contributed by atoms with E-state index in [4.69, 9.17) is 11.6 Å². The molecule has 0 spiro atoms. The number of carbonyl (C=O) groups is 2. The van der Waals surface area contributed by atoms with Crippen molar-refractivity contribution in [1.29, 1.82) is 0 Å². The number of carbonyl (C=O) groups excluding carboxylic acids is 2. The number of amides is 1. The predicted molar refractivity (Wildman–Crippen MR) is 92.5 cm³/mol. The second-order valence-electron chi connectivity index (χ2n) is 5.09. The number of halogens is 4. The maximum atomic E-state index is 13.8. The molecule has 0 aliphatic rings. The molecule has 132 valence electrons. The Morgan fingerprint density at radius 1 is 1.28 bits per heavy atom. The van der Waals surface area contributed by atoms with Gasteiger partial charge in [-0.1, -0.05) is 33.6 Å². The van der Waals surface area contributed by atoms with Crippen molar-refractivity contribution in [1.82, 2.24) is 5.32 Å². The van der Waals surface area contributed by atoms with Crippen molar-refractivity contribution < 1.29 is 23.1 Å². The van der Waals surface area contributed by atoms with Gasteiger partial charge in [-0.25, -0.2) is 13.6 Å². The minimum Gasteiger partial charge on any atom is -0.467 e. The van der Waals surface area contributed by atoms with Crippen LogP contribution in [0.25, 0.3) is 0 Å². The molecule has 0 aliphatic heterocycles. The minimum atomic E-state index is -1.28. The van der Waals surface area contributed by atoms with Crippen molar-refractivity contribution in [2.75, 3.05) is 7.11 Å². The third-order valence-corrected chi connectivity index (χ3v) is 4.43. The largest absolute Gasteiger partial charge is 0.467 e. The fourth-order valence-electron chi connectivity index (χ4n) is 2.17. The van der Waals surface area contributed by atoms with Crippen molar-refractivity contribution in [3.8, 4) is 0 Å². The highest BCUT2D eigenvalue weighted by atomic mass is 79.9. The van der Waals surface area contributed by atoms with Gasteiger partial charge in [-0.2, -0.15) is 0 Å². The summed E-state index contributed by atoms with van der Waals surface area (Å²) < 4.78 is 32.4. The number of esters is 1. The number of hydrogen-bond acceptors (Lipinski definition) is 3. The van der Waals surface area contributed by atoms with Crippen LogP contribution in [0.1, 0.15) is 15.9 Å². The second kappa shape index (κ2) is 8.40. The van der Waals surface area contributed by atoms with Crippen LogP contribution in [0, 0.1) is 11.6 Å². The molecule has 0 bridgehead atoms. The molecular formula is C17H13BrClF2NO3. The third-order valence-electron chi connectivity index (χ3n) is 3.42. The van der Waals surface area contributed by atoms with Gasteiger partial charge in [0.25, 0.3) is 5.91 Å². The van der Waals surface area contributed by atoms with Crippen LogP contribution in [0.2, 0.25) is 5.02 Å². The molecule has 0 fully saturated rings. The van der Waals surface area contributed by atoms with Crippen LogP contribution >= 0.6 is 27.5 Å². The topological polar surface area (TPSA) is 55.4 Å². The predicted octanol–water partition coefficient (Wildman–Crippen LogP) is 3.89. The average Bonchev–Trinajstić information content (AvgIpc) is 2.59. The van der Waals surface area contributed by atoms with Crippen LogP contribution < -0.4 is 5.32 Å². The Hall–Kier alpha value is -1.99. The summed E-state index contributed by atoms with van der Waals surface area (Å²) in [6.45, 7) is 0. The number of methoxy groups -OCH3 is 1. The zero-order valence-corrected chi connectivity index (χ0v) is 15.3. The van der Waals surface area contributed by atoms with Crippen LogP contribution in [-0.4, -0.2) is 25.0 Å². The van der Waals surface area contributed by atoms with Gasteiger partial charge in [0.05, 0.1) is 12.7 Å². The standard InChI is InChI=1S/C17H13BrClF2NO3/c1-25-17(24)14(8-9-7-10(19)5-6-12(9)18)22-16(23)11-3-2-4-13(20)15(11)21/h2-7,14H,8H2,1H3,(H,22,23)/t14-/m1/s1. The van der Waals surface area contributed by atoms with Gasteiger partial charge in [0, 0.05) is 15.9 Å². The first-order chi connectivity index (χ1) is 11.8. The fourth-order valence-corrected chi connectivity index (χ4v) is 2.77. The molecule has 0 aromatic heterocycles. The number of nitrogens with one attached hydrogen (secondary N) is 1. The van der Waals surface area contributed by atoms with E-state index < -0.39 is 35.1 Å². The number of benzene rings is 2. The highest BCUT2D eigenvalue weighted by Gasteiger charge is 2.25. The molecule has 8 heteroatoms. The maximum absolute atomic E-state index is 13.8. The quantitative estimate of drug-likeness (QED) is 0.729. The summed E-state index contributed by atoms with van der Waals surface area (Å²) in [7, 11) is 1.16. The van der Waals surface area contributed by atoms with Crippen LogP contribution in [0.5, 0.6) is 0 Å². The van der Waals surface area contributed by atoms with Crippen molar-refractivity contribution in [3.05, 3.63) is 68.7 Å². The van der Waals surface area contributed by atoms with Crippen molar-refractivity contribution >= 4 is 39.4 Å². The van der Waals surface area contributed by atoms with Crippen molar-refractivity contribution in [3.63, 3.8) is 0 Å². The molecule has 0 saturated carbocycles. The Morgan fingerprint density at radius 2 is 2.00 bits per heavy atom. The smallest absolute Gasteiger partial charge is 0.328 e. The molecule has 2 aromatic rings. The first kappa shape index (κ1) is 19.3. The summed E-state index contributed by atoms with van der Waals surface area (Å²) in [5.74, 6) is -4.09. The molecule has 1 N–H and O–H groups in total. The number of hydrogen-bond donors (Lipinski definition) is 1. The first-order valence-electron chi connectivity index (χ1n) is 7.10. The zero-order valence-electron chi connectivity index (χ0n) is 13.0. The Morgan fingerprint density at radius 3 is 2.68 bits per heavy atom. The van der Waals surface area contributed by atoms with Crippen LogP contribution in [0.3, 0.4) is 0 Å².